The van der Waals surface area contributed by atoms with Crippen LogP contribution in [-0.4, -0.2) is 6.61 Å². The molecule has 0 bridgehead atoms. The Morgan fingerprint density at radius 3 is 2.19 bits per heavy atom. The van der Waals surface area contributed by atoms with Crippen LogP contribution < -0.4 is 4.74 Å². The van der Waals surface area contributed by atoms with Gasteiger partial charge in [0.1, 0.15) is 5.75 Å². The number of benzene rings is 1. The molecule has 2 aliphatic rings. The van der Waals surface area contributed by atoms with Gasteiger partial charge in [0.05, 0.1) is 6.61 Å². The molecule has 1 aromatic rings. The van der Waals surface area contributed by atoms with Gasteiger partial charge in [-0.2, -0.15) is 0 Å². The van der Waals surface area contributed by atoms with Crippen molar-refractivity contribution >= 4 is 0 Å². The quantitative estimate of drug-likeness (QED) is 0.488. The van der Waals surface area contributed by atoms with Crippen molar-refractivity contribution in [3.63, 3.8) is 0 Å². The van der Waals surface area contributed by atoms with Gasteiger partial charge in [-0.25, -0.2) is 0 Å². The third-order valence-corrected chi connectivity index (χ3v) is 7.35. The average Bonchev–Trinajstić information content (AvgIpc) is 2.68. The molecule has 26 heavy (non-hydrogen) atoms. The minimum atomic E-state index is 0.752. The van der Waals surface area contributed by atoms with E-state index in [9.17, 15) is 0 Å². The Morgan fingerprint density at radius 1 is 0.885 bits per heavy atom. The zero-order valence-corrected chi connectivity index (χ0v) is 17.4. The van der Waals surface area contributed by atoms with E-state index in [1.54, 1.807) is 0 Å². The Hall–Kier alpha value is -0.980. The Kier molecular flexibility index (Phi) is 7.46. The standard InChI is InChI=1S/C25H40O/c1-4-6-7-20-8-10-21(11-9-20)23-14-17-25(19(3)18-23)22-12-15-24(16-13-22)26-5-2/h12-13,15-16,19-21,23,25H,4-11,14,17-18H2,1-3H3/t19-,20?,21?,23?,25-/m1/s1. The molecular formula is C25H40O. The van der Waals surface area contributed by atoms with Crippen LogP contribution in [0, 0.1) is 23.7 Å². The molecule has 2 aliphatic carbocycles. The largest absolute Gasteiger partial charge is 0.494 e. The molecule has 3 atom stereocenters. The molecule has 146 valence electrons. The summed E-state index contributed by atoms with van der Waals surface area (Å²) in [6.07, 6.45) is 14.6. The molecule has 0 amide bonds. The highest BCUT2D eigenvalue weighted by Gasteiger charge is 2.34. The van der Waals surface area contributed by atoms with Gasteiger partial charge in [0, 0.05) is 0 Å². The molecular weight excluding hydrogens is 316 g/mol. The highest BCUT2D eigenvalue weighted by Crippen LogP contribution is 2.47. The molecule has 2 saturated carbocycles. The predicted octanol–water partition coefficient (Wildman–Crippen LogP) is 7.60. The fraction of sp³-hybridized carbons (Fsp3) is 0.760. The Bertz CT molecular complexity index is 511. The van der Waals surface area contributed by atoms with Gasteiger partial charge < -0.3 is 4.74 Å². The summed E-state index contributed by atoms with van der Waals surface area (Å²) in [5, 5.41) is 0. The van der Waals surface area contributed by atoms with Crippen molar-refractivity contribution in [3.05, 3.63) is 29.8 Å². The maximum atomic E-state index is 5.60. The van der Waals surface area contributed by atoms with Gasteiger partial charge in [-0.3, -0.25) is 0 Å². The van der Waals surface area contributed by atoms with Crippen molar-refractivity contribution in [2.45, 2.75) is 90.9 Å². The van der Waals surface area contributed by atoms with Crippen molar-refractivity contribution < 1.29 is 4.74 Å². The molecule has 1 aromatic carbocycles. The number of ether oxygens (including phenoxy) is 1. The van der Waals surface area contributed by atoms with Gasteiger partial charge in [0.15, 0.2) is 0 Å². The molecule has 2 fully saturated rings. The van der Waals surface area contributed by atoms with Gasteiger partial charge in [0.2, 0.25) is 0 Å². The smallest absolute Gasteiger partial charge is 0.119 e. The van der Waals surface area contributed by atoms with Crippen molar-refractivity contribution in [3.8, 4) is 5.75 Å². The fourth-order valence-electron chi connectivity index (χ4n) is 5.78. The average molecular weight is 357 g/mol. The van der Waals surface area contributed by atoms with E-state index in [4.69, 9.17) is 4.74 Å². The van der Waals surface area contributed by atoms with Crippen LogP contribution in [0.15, 0.2) is 24.3 Å². The predicted molar refractivity (Wildman–Crippen MR) is 112 cm³/mol. The minimum absolute atomic E-state index is 0.752. The van der Waals surface area contributed by atoms with E-state index in [0.29, 0.717) is 0 Å². The number of hydrogen-bond acceptors (Lipinski definition) is 1. The first-order valence-corrected chi connectivity index (χ1v) is 11.4. The Balaban J connectivity index is 1.49. The number of rotatable bonds is 7. The van der Waals surface area contributed by atoms with Gasteiger partial charge >= 0.3 is 0 Å². The van der Waals surface area contributed by atoms with Gasteiger partial charge in [-0.15, -0.1) is 0 Å². The molecule has 0 heterocycles. The summed E-state index contributed by atoms with van der Waals surface area (Å²) < 4.78 is 5.60. The first kappa shape index (κ1) is 19.8. The van der Waals surface area contributed by atoms with Crippen molar-refractivity contribution in [2.75, 3.05) is 6.61 Å². The summed E-state index contributed by atoms with van der Waals surface area (Å²) >= 11 is 0. The first-order valence-electron chi connectivity index (χ1n) is 11.4. The van der Waals surface area contributed by atoms with E-state index < -0.39 is 0 Å². The lowest BCUT2D eigenvalue weighted by Crippen LogP contribution is -2.29. The van der Waals surface area contributed by atoms with Crippen LogP contribution in [-0.2, 0) is 0 Å². The van der Waals surface area contributed by atoms with Crippen LogP contribution in [0.3, 0.4) is 0 Å². The Morgan fingerprint density at radius 2 is 1.58 bits per heavy atom. The maximum Gasteiger partial charge on any atom is 0.119 e. The summed E-state index contributed by atoms with van der Waals surface area (Å²) in [5.74, 6) is 5.65. The number of unbranched alkanes of at least 4 members (excludes halogenated alkanes) is 1. The highest BCUT2D eigenvalue weighted by atomic mass is 16.5. The first-order chi connectivity index (χ1) is 12.7. The molecule has 1 nitrogen and oxygen atoms in total. The van der Waals surface area contributed by atoms with E-state index in [1.165, 1.54) is 69.8 Å². The summed E-state index contributed by atoms with van der Waals surface area (Å²) in [7, 11) is 0. The lowest BCUT2D eigenvalue weighted by atomic mass is 9.65. The van der Waals surface area contributed by atoms with Crippen LogP contribution in [0.2, 0.25) is 0 Å². The van der Waals surface area contributed by atoms with E-state index in [1.807, 2.05) is 0 Å². The van der Waals surface area contributed by atoms with E-state index in [0.717, 1.165) is 41.9 Å². The van der Waals surface area contributed by atoms with Crippen LogP contribution in [0.5, 0.6) is 5.75 Å². The summed E-state index contributed by atoms with van der Waals surface area (Å²) in [5.41, 5.74) is 1.53. The molecule has 1 heteroatoms. The van der Waals surface area contributed by atoms with Gasteiger partial charge in [-0.05, 0) is 86.3 Å². The third-order valence-electron chi connectivity index (χ3n) is 7.35. The Labute approximate surface area is 161 Å². The summed E-state index contributed by atoms with van der Waals surface area (Å²) in [6.45, 7) is 7.63. The van der Waals surface area contributed by atoms with Crippen LogP contribution in [0.1, 0.15) is 96.5 Å². The fourth-order valence-corrected chi connectivity index (χ4v) is 5.78. The summed E-state index contributed by atoms with van der Waals surface area (Å²) in [4.78, 5) is 0. The molecule has 0 spiro atoms. The normalized spacial score (nSPS) is 32.3. The molecule has 3 rings (SSSR count). The van der Waals surface area contributed by atoms with Crippen LogP contribution >= 0.6 is 0 Å². The molecule has 0 aliphatic heterocycles. The van der Waals surface area contributed by atoms with E-state index in [2.05, 4.69) is 45.0 Å². The lowest BCUT2D eigenvalue weighted by Gasteiger charge is -2.41. The lowest BCUT2D eigenvalue weighted by molar-refractivity contribution is 0.130. The second kappa shape index (κ2) is 9.81. The van der Waals surface area contributed by atoms with Crippen LogP contribution in [0.25, 0.3) is 0 Å². The maximum absolute atomic E-state index is 5.60. The van der Waals surface area contributed by atoms with Crippen LogP contribution in [0.4, 0.5) is 0 Å². The van der Waals surface area contributed by atoms with Crippen molar-refractivity contribution in [2.24, 2.45) is 23.7 Å². The molecule has 0 N–H and O–H groups in total. The monoisotopic (exact) mass is 356 g/mol. The van der Waals surface area contributed by atoms with Gasteiger partial charge in [-0.1, -0.05) is 58.1 Å². The van der Waals surface area contributed by atoms with E-state index >= 15 is 0 Å². The van der Waals surface area contributed by atoms with Gasteiger partial charge in [0.25, 0.3) is 0 Å². The minimum Gasteiger partial charge on any atom is -0.494 e. The highest BCUT2D eigenvalue weighted by molar-refractivity contribution is 5.30. The zero-order valence-electron chi connectivity index (χ0n) is 17.4. The SMILES string of the molecule is CCCCC1CCC(C2CC[C@@H](c3ccc(OCC)cc3)[C@H](C)C2)CC1. The molecule has 0 radical (unpaired) electrons. The van der Waals surface area contributed by atoms with E-state index in [-0.39, 0.29) is 0 Å². The molecule has 1 unspecified atom stereocenters. The third kappa shape index (κ3) is 5.05. The number of hydrogen-bond donors (Lipinski definition) is 0. The van der Waals surface area contributed by atoms with Crippen molar-refractivity contribution in [1.29, 1.82) is 0 Å². The topological polar surface area (TPSA) is 9.23 Å². The molecule has 0 aromatic heterocycles. The molecule has 0 saturated heterocycles. The summed E-state index contributed by atoms with van der Waals surface area (Å²) in [6, 6.07) is 8.95. The second-order valence-electron chi connectivity index (χ2n) is 9.08. The second-order valence-corrected chi connectivity index (χ2v) is 9.08. The van der Waals surface area contributed by atoms with Crippen molar-refractivity contribution in [1.82, 2.24) is 0 Å². The zero-order chi connectivity index (χ0) is 18.4.